The summed E-state index contributed by atoms with van der Waals surface area (Å²) in [5.74, 6) is 0. The van der Waals surface area contributed by atoms with Gasteiger partial charge >= 0.3 is 0 Å². The van der Waals surface area contributed by atoms with Crippen molar-refractivity contribution >= 4 is 17.3 Å². The van der Waals surface area contributed by atoms with Crippen molar-refractivity contribution in [3.8, 4) is 0 Å². The van der Waals surface area contributed by atoms with Gasteiger partial charge in [-0.15, -0.1) is 0 Å². The molecule has 94 valence electrons. The van der Waals surface area contributed by atoms with Crippen LogP contribution >= 0.6 is 11.6 Å². The Hall–Kier alpha value is -0.730. The Bertz CT molecular complexity index is 357. The van der Waals surface area contributed by atoms with Gasteiger partial charge in [-0.25, -0.2) is 0 Å². The van der Waals surface area contributed by atoms with Gasteiger partial charge in [-0.2, -0.15) is 0 Å². The van der Waals surface area contributed by atoms with Gasteiger partial charge in [0.25, 0.3) is 0 Å². The molecule has 2 nitrogen and oxygen atoms in total. The molecule has 1 aromatic carbocycles. The predicted octanol–water partition coefficient (Wildman–Crippen LogP) is 3.22. The van der Waals surface area contributed by atoms with Crippen LogP contribution in [0.4, 0.5) is 5.69 Å². The molecule has 0 amide bonds. The molecule has 0 unspecified atom stereocenters. The first kappa shape index (κ1) is 12.7. The molecule has 1 aromatic rings. The number of benzene rings is 1. The van der Waals surface area contributed by atoms with Crippen LogP contribution in [0.2, 0.25) is 5.02 Å². The van der Waals surface area contributed by atoms with Crippen LogP contribution in [0.1, 0.15) is 31.2 Å². The maximum atomic E-state index is 6.29. The normalized spacial score (nSPS) is 16.9. The van der Waals surface area contributed by atoms with Crippen LogP contribution in [-0.2, 0) is 6.42 Å². The topological polar surface area (TPSA) is 29.3 Å². The molecular formula is C14H21ClN2. The standard InChI is InChI=1S/C14H21ClN2/c15-14-11-13(6-5-12(14)7-8-16)17-9-3-1-2-4-10-17/h5-6,11H,1-4,7-10,16H2. The number of nitrogens with two attached hydrogens (primary N) is 1. The first-order valence-electron chi connectivity index (χ1n) is 6.54. The highest BCUT2D eigenvalue weighted by atomic mass is 35.5. The van der Waals surface area contributed by atoms with Gasteiger partial charge in [0.05, 0.1) is 0 Å². The van der Waals surface area contributed by atoms with E-state index < -0.39 is 0 Å². The summed E-state index contributed by atoms with van der Waals surface area (Å²) in [6.07, 6.45) is 6.16. The van der Waals surface area contributed by atoms with E-state index >= 15 is 0 Å². The first-order chi connectivity index (χ1) is 8.31. The highest BCUT2D eigenvalue weighted by molar-refractivity contribution is 6.31. The van der Waals surface area contributed by atoms with E-state index in [1.165, 1.54) is 31.4 Å². The minimum atomic E-state index is 0.656. The van der Waals surface area contributed by atoms with Crippen LogP contribution in [0.3, 0.4) is 0 Å². The fraction of sp³-hybridized carbons (Fsp3) is 0.571. The van der Waals surface area contributed by atoms with E-state index in [0.717, 1.165) is 30.1 Å². The van der Waals surface area contributed by atoms with Crippen LogP contribution in [-0.4, -0.2) is 19.6 Å². The lowest BCUT2D eigenvalue weighted by molar-refractivity contribution is 0.726. The summed E-state index contributed by atoms with van der Waals surface area (Å²) in [4.78, 5) is 2.45. The summed E-state index contributed by atoms with van der Waals surface area (Å²) in [6.45, 7) is 2.97. The molecule has 17 heavy (non-hydrogen) atoms. The predicted molar refractivity (Wildman–Crippen MR) is 74.9 cm³/mol. The molecule has 0 saturated carbocycles. The van der Waals surface area contributed by atoms with Crippen LogP contribution in [0.15, 0.2) is 18.2 Å². The average Bonchev–Trinajstić information content (AvgIpc) is 2.60. The van der Waals surface area contributed by atoms with Crippen molar-refractivity contribution in [2.75, 3.05) is 24.5 Å². The van der Waals surface area contributed by atoms with E-state index in [0.29, 0.717) is 6.54 Å². The molecule has 2 N–H and O–H groups in total. The fourth-order valence-corrected chi connectivity index (χ4v) is 2.69. The highest BCUT2D eigenvalue weighted by Gasteiger charge is 2.11. The lowest BCUT2D eigenvalue weighted by atomic mass is 10.1. The van der Waals surface area contributed by atoms with Gasteiger partial charge in [-0.05, 0) is 43.5 Å². The first-order valence-corrected chi connectivity index (χ1v) is 6.92. The van der Waals surface area contributed by atoms with E-state index in [2.05, 4.69) is 23.1 Å². The van der Waals surface area contributed by atoms with E-state index in [9.17, 15) is 0 Å². The van der Waals surface area contributed by atoms with Crippen molar-refractivity contribution in [2.24, 2.45) is 5.73 Å². The molecule has 0 aliphatic carbocycles. The van der Waals surface area contributed by atoms with Gasteiger partial charge in [-0.1, -0.05) is 30.5 Å². The zero-order chi connectivity index (χ0) is 12.1. The summed E-state index contributed by atoms with van der Waals surface area (Å²) < 4.78 is 0. The number of hydrogen-bond donors (Lipinski definition) is 1. The van der Waals surface area contributed by atoms with E-state index in [1.54, 1.807) is 0 Å². The summed E-state index contributed by atoms with van der Waals surface area (Å²) in [7, 11) is 0. The second-order valence-electron chi connectivity index (χ2n) is 4.72. The Balaban J connectivity index is 2.12. The second kappa shape index (κ2) is 6.27. The van der Waals surface area contributed by atoms with Gasteiger partial charge < -0.3 is 10.6 Å². The Morgan fingerprint density at radius 2 is 1.82 bits per heavy atom. The van der Waals surface area contributed by atoms with E-state index in [-0.39, 0.29) is 0 Å². The van der Waals surface area contributed by atoms with Gasteiger partial charge in [0.15, 0.2) is 0 Å². The van der Waals surface area contributed by atoms with Crippen LogP contribution in [0, 0.1) is 0 Å². The van der Waals surface area contributed by atoms with Crippen molar-refractivity contribution in [1.29, 1.82) is 0 Å². The van der Waals surface area contributed by atoms with Crippen molar-refractivity contribution in [2.45, 2.75) is 32.1 Å². The summed E-state index contributed by atoms with van der Waals surface area (Å²) in [6, 6.07) is 6.40. The molecule has 0 bridgehead atoms. The monoisotopic (exact) mass is 252 g/mol. The molecule has 2 rings (SSSR count). The van der Waals surface area contributed by atoms with Gasteiger partial charge in [0, 0.05) is 23.8 Å². The van der Waals surface area contributed by atoms with Crippen LogP contribution < -0.4 is 10.6 Å². The van der Waals surface area contributed by atoms with Crippen molar-refractivity contribution < 1.29 is 0 Å². The Kier molecular flexibility index (Phi) is 4.69. The minimum absolute atomic E-state index is 0.656. The largest absolute Gasteiger partial charge is 0.371 e. The Morgan fingerprint density at radius 1 is 1.12 bits per heavy atom. The maximum Gasteiger partial charge on any atom is 0.0459 e. The average molecular weight is 253 g/mol. The SMILES string of the molecule is NCCc1ccc(N2CCCCCC2)cc1Cl. The lowest BCUT2D eigenvalue weighted by Gasteiger charge is -2.23. The zero-order valence-electron chi connectivity index (χ0n) is 10.3. The molecule has 0 aromatic heterocycles. The molecular weight excluding hydrogens is 232 g/mol. The van der Waals surface area contributed by atoms with Gasteiger partial charge in [0.2, 0.25) is 0 Å². The highest BCUT2D eigenvalue weighted by Crippen LogP contribution is 2.25. The third-order valence-electron chi connectivity index (χ3n) is 3.42. The molecule has 1 heterocycles. The smallest absolute Gasteiger partial charge is 0.0459 e. The third-order valence-corrected chi connectivity index (χ3v) is 3.77. The Morgan fingerprint density at radius 3 is 2.41 bits per heavy atom. The molecule has 1 aliphatic heterocycles. The Labute approximate surface area is 109 Å². The van der Waals surface area contributed by atoms with Crippen molar-refractivity contribution in [3.63, 3.8) is 0 Å². The molecule has 1 fully saturated rings. The lowest BCUT2D eigenvalue weighted by Crippen LogP contribution is -2.23. The quantitative estimate of drug-likeness (QED) is 0.895. The summed E-state index contributed by atoms with van der Waals surface area (Å²) >= 11 is 6.29. The number of nitrogens with zero attached hydrogens (tertiary/aromatic N) is 1. The third kappa shape index (κ3) is 3.36. The number of anilines is 1. The second-order valence-corrected chi connectivity index (χ2v) is 5.12. The van der Waals surface area contributed by atoms with Gasteiger partial charge in [0.1, 0.15) is 0 Å². The number of halogens is 1. The molecule has 1 aliphatic rings. The van der Waals surface area contributed by atoms with Crippen molar-refractivity contribution in [1.82, 2.24) is 0 Å². The molecule has 3 heteroatoms. The van der Waals surface area contributed by atoms with Crippen molar-refractivity contribution in [3.05, 3.63) is 28.8 Å². The zero-order valence-corrected chi connectivity index (χ0v) is 11.0. The number of hydrogen-bond acceptors (Lipinski definition) is 2. The number of rotatable bonds is 3. The minimum Gasteiger partial charge on any atom is -0.371 e. The summed E-state index contributed by atoms with van der Waals surface area (Å²) in [5.41, 5.74) is 7.98. The van der Waals surface area contributed by atoms with E-state index in [1.807, 2.05) is 0 Å². The van der Waals surface area contributed by atoms with E-state index in [4.69, 9.17) is 17.3 Å². The summed E-state index contributed by atoms with van der Waals surface area (Å²) in [5, 5.41) is 0.859. The van der Waals surface area contributed by atoms with Crippen LogP contribution in [0.25, 0.3) is 0 Å². The molecule has 0 spiro atoms. The molecule has 1 saturated heterocycles. The maximum absolute atomic E-state index is 6.29. The molecule has 0 radical (unpaired) electrons. The van der Waals surface area contributed by atoms with Crippen LogP contribution in [0.5, 0.6) is 0 Å². The fourth-order valence-electron chi connectivity index (χ4n) is 2.42. The van der Waals surface area contributed by atoms with Gasteiger partial charge in [-0.3, -0.25) is 0 Å². The molecule has 0 atom stereocenters.